The topological polar surface area (TPSA) is 54.4 Å². The molecule has 2 aromatic rings. The first-order valence-corrected chi connectivity index (χ1v) is 7.67. The van der Waals surface area contributed by atoms with E-state index in [0.717, 1.165) is 5.56 Å². The summed E-state index contributed by atoms with van der Waals surface area (Å²) in [5.74, 6) is -0.304. The van der Waals surface area contributed by atoms with Crippen molar-refractivity contribution in [2.24, 2.45) is 0 Å². The minimum absolute atomic E-state index is 0.239. The molecule has 0 aromatic heterocycles. The van der Waals surface area contributed by atoms with Gasteiger partial charge in [-0.3, -0.25) is 0 Å². The first-order valence-electron chi connectivity index (χ1n) is 6.02. The van der Waals surface area contributed by atoms with E-state index in [0.29, 0.717) is 5.56 Å². The van der Waals surface area contributed by atoms with E-state index in [1.54, 1.807) is 42.5 Å². The Labute approximate surface area is 113 Å². The summed E-state index contributed by atoms with van der Waals surface area (Å²) in [6, 6.07) is 15.4. The highest BCUT2D eigenvalue weighted by atomic mass is 32.2. The van der Waals surface area contributed by atoms with Crippen molar-refractivity contribution in [1.29, 1.82) is 0 Å². The highest BCUT2D eigenvalue weighted by molar-refractivity contribution is 7.91. The van der Waals surface area contributed by atoms with Gasteiger partial charge in [0.1, 0.15) is 0 Å². The van der Waals surface area contributed by atoms with E-state index in [1.807, 2.05) is 19.1 Å². The van der Waals surface area contributed by atoms with Gasteiger partial charge in [-0.05, 0) is 30.2 Å². The third-order valence-electron chi connectivity index (χ3n) is 3.03. The largest absolute Gasteiger partial charge is 0.387 e. The minimum atomic E-state index is -3.47. The predicted octanol–water partition coefficient (Wildman–Crippen LogP) is 2.50. The lowest BCUT2D eigenvalue weighted by atomic mass is 10.1. The van der Waals surface area contributed by atoms with Crippen LogP contribution in [-0.2, 0) is 9.84 Å². The first-order chi connectivity index (χ1) is 9.00. The summed E-state index contributed by atoms with van der Waals surface area (Å²) in [5.41, 5.74) is 1.54. The van der Waals surface area contributed by atoms with E-state index >= 15 is 0 Å². The molecule has 0 spiro atoms. The van der Waals surface area contributed by atoms with E-state index in [4.69, 9.17) is 0 Å². The number of benzene rings is 2. The van der Waals surface area contributed by atoms with Gasteiger partial charge in [0.2, 0.25) is 0 Å². The summed E-state index contributed by atoms with van der Waals surface area (Å²) in [6.45, 7) is 1.85. The maximum Gasteiger partial charge on any atom is 0.181 e. The summed E-state index contributed by atoms with van der Waals surface area (Å²) in [6.07, 6.45) is -1.01. The molecule has 2 rings (SSSR count). The van der Waals surface area contributed by atoms with Crippen LogP contribution >= 0.6 is 0 Å². The molecule has 3 nitrogen and oxygen atoms in total. The Kier molecular flexibility index (Phi) is 4.02. The number of aliphatic hydroxyl groups excluding tert-OH is 1. The second kappa shape index (κ2) is 5.55. The van der Waals surface area contributed by atoms with Crippen LogP contribution in [0.15, 0.2) is 59.5 Å². The fourth-order valence-corrected chi connectivity index (χ4v) is 3.34. The van der Waals surface area contributed by atoms with Crippen LogP contribution in [0.1, 0.15) is 17.2 Å². The van der Waals surface area contributed by atoms with Gasteiger partial charge in [-0.25, -0.2) is 8.42 Å². The van der Waals surface area contributed by atoms with Crippen LogP contribution in [0.25, 0.3) is 0 Å². The normalized spacial score (nSPS) is 13.2. The third kappa shape index (κ3) is 3.22. The molecule has 0 amide bonds. The fraction of sp³-hybridized carbons (Fsp3) is 0.200. The average molecular weight is 276 g/mol. The van der Waals surface area contributed by atoms with E-state index in [-0.39, 0.29) is 10.6 Å². The van der Waals surface area contributed by atoms with E-state index in [9.17, 15) is 13.5 Å². The zero-order valence-electron chi connectivity index (χ0n) is 10.7. The van der Waals surface area contributed by atoms with Crippen LogP contribution < -0.4 is 0 Å². The molecule has 0 saturated heterocycles. The van der Waals surface area contributed by atoms with Crippen molar-refractivity contribution in [2.45, 2.75) is 17.9 Å². The van der Waals surface area contributed by atoms with Crippen molar-refractivity contribution in [1.82, 2.24) is 0 Å². The SMILES string of the molecule is Cc1ccccc1[C@@H](O)CS(=O)(=O)c1ccccc1. The molecule has 19 heavy (non-hydrogen) atoms. The molecule has 2 aromatic carbocycles. The van der Waals surface area contributed by atoms with Crippen LogP contribution in [0.5, 0.6) is 0 Å². The molecule has 0 radical (unpaired) electrons. The summed E-state index contributed by atoms with van der Waals surface area (Å²) < 4.78 is 24.3. The Morgan fingerprint density at radius 2 is 1.58 bits per heavy atom. The van der Waals surface area contributed by atoms with Crippen LogP contribution in [-0.4, -0.2) is 19.3 Å². The van der Waals surface area contributed by atoms with Gasteiger partial charge in [0.15, 0.2) is 9.84 Å². The second-order valence-electron chi connectivity index (χ2n) is 4.47. The van der Waals surface area contributed by atoms with Crippen LogP contribution in [0, 0.1) is 6.92 Å². The van der Waals surface area contributed by atoms with Crippen LogP contribution in [0.2, 0.25) is 0 Å². The van der Waals surface area contributed by atoms with Crippen molar-refractivity contribution in [3.63, 3.8) is 0 Å². The molecule has 0 aliphatic carbocycles. The van der Waals surface area contributed by atoms with Gasteiger partial charge in [-0.15, -0.1) is 0 Å². The average Bonchev–Trinajstić information content (AvgIpc) is 2.39. The van der Waals surface area contributed by atoms with Crippen LogP contribution in [0.3, 0.4) is 0 Å². The molecular formula is C15H16O3S. The van der Waals surface area contributed by atoms with Gasteiger partial charge < -0.3 is 5.11 Å². The Morgan fingerprint density at radius 1 is 1.00 bits per heavy atom. The summed E-state index contributed by atoms with van der Waals surface area (Å²) in [5, 5.41) is 10.1. The standard InChI is InChI=1S/C15H16O3S/c1-12-7-5-6-10-14(12)15(16)11-19(17,18)13-8-3-2-4-9-13/h2-10,15-16H,11H2,1H3/t15-/m0/s1. The van der Waals surface area contributed by atoms with Crippen molar-refractivity contribution in [3.8, 4) is 0 Å². The Bertz CT molecular complexity index is 648. The molecule has 0 aliphatic rings. The van der Waals surface area contributed by atoms with Crippen molar-refractivity contribution in [2.75, 3.05) is 5.75 Å². The fourth-order valence-electron chi connectivity index (χ4n) is 1.98. The van der Waals surface area contributed by atoms with Crippen LogP contribution in [0.4, 0.5) is 0 Å². The summed E-state index contributed by atoms with van der Waals surface area (Å²) in [4.78, 5) is 0.239. The second-order valence-corrected chi connectivity index (χ2v) is 6.50. The van der Waals surface area contributed by atoms with Crippen molar-refractivity contribution < 1.29 is 13.5 Å². The summed E-state index contributed by atoms with van der Waals surface area (Å²) in [7, 11) is -3.47. The maximum atomic E-state index is 12.2. The highest BCUT2D eigenvalue weighted by Crippen LogP contribution is 2.22. The Morgan fingerprint density at radius 3 is 2.21 bits per heavy atom. The zero-order valence-corrected chi connectivity index (χ0v) is 11.5. The monoisotopic (exact) mass is 276 g/mol. The Hall–Kier alpha value is -1.65. The number of hydrogen-bond donors (Lipinski definition) is 1. The molecule has 0 unspecified atom stereocenters. The minimum Gasteiger partial charge on any atom is -0.387 e. The number of aryl methyl sites for hydroxylation is 1. The lowest BCUT2D eigenvalue weighted by molar-refractivity contribution is 0.201. The number of rotatable bonds is 4. The van der Waals surface area contributed by atoms with Gasteiger partial charge in [0.05, 0.1) is 16.8 Å². The third-order valence-corrected chi connectivity index (χ3v) is 4.77. The van der Waals surface area contributed by atoms with Gasteiger partial charge >= 0.3 is 0 Å². The highest BCUT2D eigenvalue weighted by Gasteiger charge is 2.21. The van der Waals surface area contributed by atoms with Gasteiger partial charge in [0.25, 0.3) is 0 Å². The first kappa shape index (κ1) is 13.8. The molecular weight excluding hydrogens is 260 g/mol. The molecule has 1 N–H and O–H groups in total. The predicted molar refractivity (Wildman–Crippen MR) is 74.6 cm³/mol. The molecule has 100 valence electrons. The number of aliphatic hydroxyl groups is 1. The maximum absolute atomic E-state index is 12.2. The smallest absolute Gasteiger partial charge is 0.181 e. The van der Waals surface area contributed by atoms with Gasteiger partial charge in [-0.1, -0.05) is 42.5 Å². The molecule has 0 fully saturated rings. The van der Waals surface area contributed by atoms with Gasteiger partial charge in [-0.2, -0.15) is 0 Å². The molecule has 0 heterocycles. The van der Waals surface area contributed by atoms with Crippen molar-refractivity contribution >= 4 is 9.84 Å². The molecule has 0 saturated carbocycles. The molecule has 0 bridgehead atoms. The molecule has 4 heteroatoms. The molecule has 1 atom stereocenters. The lowest BCUT2D eigenvalue weighted by Gasteiger charge is -2.14. The molecule has 0 aliphatic heterocycles. The van der Waals surface area contributed by atoms with E-state index in [1.165, 1.54) is 0 Å². The number of sulfone groups is 1. The number of hydrogen-bond acceptors (Lipinski definition) is 3. The zero-order chi connectivity index (χ0) is 13.9. The quantitative estimate of drug-likeness (QED) is 0.933. The Balaban J connectivity index is 2.24. The van der Waals surface area contributed by atoms with E-state index < -0.39 is 15.9 Å². The lowest BCUT2D eigenvalue weighted by Crippen LogP contribution is -2.15. The van der Waals surface area contributed by atoms with Crippen molar-refractivity contribution in [3.05, 3.63) is 65.7 Å². The summed E-state index contributed by atoms with van der Waals surface area (Å²) >= 11 is 0. The van der Waals surface area contributed by atoms with E-state index in [2.05, 4.69) is 0 Å². The van der Waals surface area contributed by atoms with Gasteiger partial charge in [0, 0.05) is 0 Å².